The molecule has 1 aromatic carbocycles. The Labute approximate surface area is 150 Å². The molecule has 0 bridgehead atoms. The Hall–Kier alpha value is -2.05. The maximum Gasteiger partial charge on any atom is 0.341 e. The van der Waals surface area contributed by atoms with E-state index in [2.05, 4.69) is 16.8 Å². The summed E-state index contributed by atoms with van der Waals surface area (Å²) in [5, 5.41) is 10.3. The summed E-state index contributed by atoms with van der Waals surface area (Å²) in [7, 11) is 2.10. The van der Waals surface area contributed by atoms with Crippen molar-refractivity contribution in [1.82, 2.24) is 9.47 Å². The first kappa shape index (κ1) is 16.4. The van der Waals surface area contributed by atoms with Crippen LogP contribution in [0.5, 0.6) is 0 Å². The second-order valence-electron chi connectivity index (χ2n) is 7.01. The standard InChI is InChI=1S/C18H20ClN3O3/c1-10-7-11-15-12(17(23)13(18(24)25)9-22(10)15)8-14(19)16(11)21-5-3-20(2)4-6-21/h8-10H,3-7H2,1-2H3,(H,24,25). The van der Waals surface area contributed by atoms with Gasteiger partial charge >= 0.3 is 5.97 Å². The molecule has 0 saturated carbocycles. The van der Waals surface area contributed by atoms with Crippen LogP contribution in [0.3, 0.4) is 0 Å². The summed E-state index contributed by atoms with van der Waals surface area (Å²) in [5.74, 6) is -1.20. The fourth-order valence-corrected chi connectivity index (χ4v) is 4.36. The third kappa shape index (κ3) is 2.43. The van der Waals surface area contributed by atoms with Crippen LogP contribution in [0.4, 0.5) is 5.69 Å². The van der Waals surface area contributed by atoms with Gasteiger partial charge in [0.25, 0.3) is 0 Å². The number of aromatic nitrogens is 1. The number of aromatic carboxylic acids is 1. The van der Waals surface area contributed by atoms with Gasteiger partial charge in [-0.05, 0) is 26.5 Å². The third-order valence-electron chi connectivity index (χ3n) is 5.36. The predicted molar refractivity (Wildman–Crippen MR) is 98.3 cm³/mol. The van der Waals surface area contributed by atoms with Gasteiger partial charge < -0.3 is 19.5 Å². The van der Waals surface area contributed by atoms with Crippen LogP contribution in [0.2, 0.25) is 5.02 Å². The minimum absolute atomic E-state index is 0.0980. The predicted octanol–water partition coefficient (Wildman–Crippen LogP) is 2.22. The number of anilines is 1. The van der Waals surface area contributed by atoms with E-state index in [-0.39, 0.29) is 11.6 Å². The third-order valence-corrected chi connectivity index (χ3v) is 5.65. The van der Waals surface area contributed by atoms with Crippen LogP contribution in [0.25, 0.3) is 10.9 Å². The molecule has 25 heavy (non-hydrogen) atoms. The summed E-state index contributed by atoms with van der Waals surface area (Å²) in [6, 6.07) is 1.75. The van der Waals surface area contributed by atoms with Gasteiger partial charge in [-0.25, -0.2) is 4.79 Å². The maximum absolute atomic E-state index is 12.6. The monoisotopic (exact) mass is 361 g/mol. The molecule has 2 aliphatic rings. The number of hydrogen-bond acceptors (Lipinski definition) is 4. The molecular formula is C18H20ClN3O3. The van der Waals surface area contributed by atoms with E-state index >= 15 is 0 Å². The lowest BCUT2D eigenvalue weighted by Gasteiger charge is -2.35. The molecular weight excluding hydrogens is 342 g/mol. The van der Waals surface area contributed by atoms with Crippen LogP contribution in [0, 0.1) is 0 Å². The lowest BCUT2D eigenvalue weighted by atomic mass is 10.0. The van der Waals surface area contributed by atoms with Crippen LogP contribution in [0.1, 0.15) is 28.9 Å². The van der Waals surface area contributed by atoms with Gasteiger partial charge in [-0.1, -0.05) is 11.6 Å². The Morgan fingerprint density at radius 1 is 1.28 bits per heavy atom. The Kier molecular flexibility index (Phi) is 3.77. The van der Waals surface area contributed by atoms with Crippen LogP contribution in [0.15, 0.2) is 17.1 Å². The van der Waals surface area contributed by atoms with E-state index < -0.39 is 11.4 Å². The number of hydrogen-bond donors (Lipinski definition) is 1. The van der Waals surface area contributed by atoms with E-state index in [1.165, 1.54) is 6.20 Å². The topological polar surface area (TPSA) is 65.8 Å². The fraction of sp³-hybridized carbons (Fsp3) is 0.444. The van der Waals surface area contributed by atoms with E-state index in [4.69, 9.17) is 11.6 Å². The Morgan fingerprint density at radius 3 is 2.60 bits per heavy atom. The first-order chi connectivity index (χ1) is 11.9. The molecule has 1 saturated heterocycles. The molecule has 0 spiro atoms. The molecule has 2 aliphatic heterocycles. The van der Waals surface area contributed by atoms with Crippen LogP contribution >= 0.6 is 11.6 Å². The van der Waals surface area contributed by atoms with E-state index in [9.17, 15) is 14.7 Å². The molecule has 1 N–H and O–H groups in total. The Morgan fingerprint density at radius 2 is 1.96 bits per heavy atom. The second-order valence-corrected chi connectivity index (χ2v) is 7.42. The smallest absolute Gasteiger partial charge is 0.341 e. The Balaban J connectivity index is 1.97. The van der Waals surface area contributed by atoms with E-state index in [0.29, 0.717) is 10.4 Å². The van der Waals surface area contributed by atoms with Gasteiger partial charge in [0.2, 0.25) is 5.43 Å². The van der Waals surface area contributed by atoms with E-state index in [1.807, 2.05) is 11.5 Å². The zero-order valence-electron chi connectivity index (χ0n) is 14.3. The van der Waals surface area contributed by atoms with Crippen molar-refractivity contribution < 1.29 is 9.90 Å². The minimum atomic E-state index is -1.20. The number of piperazine rings is 1. The van der Waals surface area contributed by atoms with Crippen molar-refractivity contribution in [2.45, 2.75) is 19.4 Å². The molecule has 132 valence electrons. The van der Waals surface area contributed by atoms with Crippen molar-refractivity contribution in [3.63, 3.8) is 0 Å². The zero-order chi connectivity index (χ0) is 17.9. The lowest BCUT2D eigenvalue weighted by Crippen LogP contribution is -2.45. The maximum atomic E-state index is 12.6. The normalized spacial score (nSPS) is 20.4. The van der Waals surface area contributed by atoms with Crippen molar-refractivity contribution in [3.8, 4) is 0 Å². The average Bonchev–Trinajstić information content (AvgIpc) is 2.88. The molecule has 3 heterocycles. The van der Waals surface area contributed by atoms with Gasteiger partial charge in [0.05, 0.1) is 16.2 Å². The van der Waals surface area contributed by atoms with Gasteiger partial charge in [0, 0.05) is 49.4 Å². The number of rotatable bonds is 2. The van der Waals surface area contributed by atoms with Crippen molar-refractivity contribution >= 4 is 34.2 Å². The molecule has 2 aromatic rings. The molecule has 0 radical (unpaired) electrons. The average molecular weight is 362 g/mol. The fourth-order valence-electron chi connectivity index (χ4n) is 4.02. The molecule has 1 atom stereocenters. The first-order valence-corrected chi connectivity index (χ1v) is 8.83. The highest BCUT2D eigenvalue weighted by molar-refractivity contribution is 6.34. The van der Waals surface area contributed by atoms with Crippen molar-refractivity contribution in [3.05, 3.63) is 38.6 Å². The van der Waals surface area contributed by atoms with Gasteiger partial charge in [-0.15, -0.1) is 0 Å². The van der Waals surface area contributed by atoms with Crippen molar-refractivity contribution in [1.29, 1.82) is 0 Å². The van der Waals surface area contributed by atoms with Crippen molar-refractivity contribution in [2.24, 2.45) is 0 Å². The van der Waals surface area contributed by atoms with E-state index in [0.717, 1.165) is 49.4 Å². The number of likely N-dealkylation sites (N-methyl/N-ethyl adjacent to an activating group) is 1. The highest BCUT2D eigenvalue weighted by Gasteiger charge is 2.30. The number of carboxylic acid groups (broad SMARTS) is 1. The number of benzene rings is 1. The van der Waals surface area contributed by atoms with Crippen molar-refractivity contribution in [2.75, 3.05) is 38.1 Å². The highest BCUT2D eigenvalue weighted by atomic mass is 35.5. The minimum Gasteiger partial charge on any atom is -0.477 e. The van der Waals surface area contributed by atoms with Gasteiger partial charge in [0.1, 0.15) is 5.56 Å². The highest BCUT2D eigenvalue weighted by Crippen LogP contribution is 2.42. The number of nitrogens with zero attached hydrogens (tertiary/aromatic N) is 3. The number of carboxylic acids is 1. The summed E-state index contributed by atoms with van der Waals surface area (Å²) in [5.41, 5.74) is 2.24. The molecule has 7 heteroatoms. The Bertz CT molecular complexity index is 945. The van der Waals surface area contributed by atoms with Crippen LogP contribution in [-0.4, -0.2) is 53.8 Å². The van der Waals surface area contributed by atoms with Gasteiger partial charge in [-0.3, -0.25) is 4.79 Å². The quantitative estimate of drug-likeness (QED) is 0.888. The molecule has 0 amide bonds. The zero-order valence-corrected chi connectivity index (χ0v) is 15.0. The molecule has 4 rings (SSSR count). The number of carbonyl (C=O) groups is 1. The van der Waals surface area contributed by atoms with Gasteiger partial charge in [0.15, 0.2) is 0 Å². The molecule has 6 nitrogen and oxygen atoms in total. The second kappa shape index (κ2) is 5.75. The summed E-state index contributed by atoms with van der Waals surface area (Å²) < 4.78 is 1.92. The van der Waals surface area contributed by atoms with Crippen LogP contribution < -0.4 is 10.3 Å². The largest absolute Gasteiger partial charge is 0.477 e. The van der Waals surface area contributed by atoms with Crippen LogP contribution in [-0.2, 0) is 6.42 Å². The summed E-state index contributed by atoms with van der Waals surface area (Å²) in [6.07, 6.45) is 2.23. The summed E-state index contributed by atoms with van der Waals surface area (Å²) in [6.45, 7) is 5.75. The van der Waals surface area contributed by atoms with Gasteiger partial charge in [-0.2, -0.15) is 0 Å². The summed E-state index contributed by atoms with van der Waals surface area (Å²) in [4.78, 5) is 28.6. The molecule has 1 fully saturated rings. The lowest BCUT2D eigenvalue weighted by molar-refractivity contribution is 0.0695. The van der Waals surface area contributed by atoms with E-state index in [1.54, 1.807) is 6.07 Å². The number of pyridine rings is 1. The summed E-state index contributed by atoms with van der Waals surface area (Å²) >= 11 is 6.58. The molecule has 1 unspecified atom stereocenters. The first-order valence-electron chi connectivity index (χ1n) is 8.45. The molecule has 0 aliphatic carbocycles. The molecule has 1 aromatic heterocycles. The number of halogens is 1. The SMILES string of the molecule is CC1Cc2c(N3CCN(C)CC3)c(Cl)cc3c(=O)c(C(=O)O)cn1c23.